The first-order chi connectivity index (χ1) is 10.2. The van der Waals surface area contributed by atoms with Crippen LogP contribution in [0.2, 0.25) is 0 Å². The third-order valence-electron chi connectivity index (χ3n) is 3.48. The van der Waals surface area contributed by atoms with Gasteiger partial charge in [0.05, 0.1) is 18.3 Å². The lowest BCUT2D eigenvalue weighted by Crippen LogP contribution is -2.19. The molecule has 3 nitrogen and oxygen atoms in total. The highest BCUT2D eigenvalue weighted by Crippen LogP contribution is 2.27. The number of benzene rings is 1. The number of nitrogens with one attached hydrogen (secondary N) is 1. The Balaban J connectivity index is 2.37. The third kappa shape index (κ3) is 3.82. The van der Waals surface area contributed by atoms with E-state index in [2.05, 4.69) is 47.6 Å². The molecule has 0 saturated heterocycles. The Bertz CT molecular complexity index is 581. The highest BCUT2D eigenvalue weighted by atomic mass is 16.5. The van der Waals surface area contributed by atoms with Crippen LogP contribution in [0, 0.1) is 0 Å². The first-order valence-corrected chi connectivity index (χ1v) is 7.52. The highest BCUT2D eigenvalue weighted by molar-refractivity contribution is 5.38. The number of aromatic nitrogens is 1. The van der Waals surface area contributed by atoms with Crippen LogP contribution in [-0.2, 0) is 6.42 Å². The molecule has 0 bridgehead atoms. The smallest absolute Gasteiger partial charge is 0.138 e. The van der Waals surface area contributed by atoms with E-state index in [-0.39, 0.29) is 12.1 Å². The fourth-order valence-corrected chi connectivity index (χ4v) is 2.57. The highest BCUT2D eigenvalue weighted by Gasteiger charge is 2.16. The topological polar surface area (TPSA) is 34.2 Å². The summed E-state index contributed by atoms with van der Waals surface area (Å²) in [6.07, 6.45) is 4.84. The quantitative estimate of drug-likeness (QED) is 0.877. The lowest BCUT2D eigenvalue weighted by Gasteiger charge is -2.21. The van der Waals surface area contributed by atoms with Gasteiger partial charge in [-0.25, -0.2) is 0 Å². The molecule has 0 saturated carbocycles. The Hall–Kier alpha value is -1.87. The van der Waals surface area contributed by atoms with Crippen molar-refractivity contribution in [3.05, 3.63) is 59.4 Å². The molecule has 2 rings (SSSR count). The van der Waals surface area contributed by atoms with Gasteiger partial charge in [-0.1, -0.05) is 31.2 Å². The lowest BCUT2D eigenvalue weighted by atomic mass is 9.94. The van der Waals surface area contributed by atoms with Crippen molar-refractivity contribution < 1.29 is 4.74 Å². The second-order valence-electron chi connectivity index (χ2n) is 5.39. The van der Waals surface area contributed by atoms with Crippen molar-refractivity contribution in [3.8, 4) is 5.75 Å². The van der Waals surface area contributed by atoms with Crippen molar-refractivity contribution in [1.82, 2.24) is 10.3 Å². The number of pyridine rings is 1. The van der Waals surface area contributed by atoms with Gasteiger partial charge in [-0.15, -0.1) is 0 Å². The summed E-state index contributed by atoms with van der Waals surface area (Å²) in [6.45, 7) is 6.23. The summed E-state index contributed by atoms with van der Waals surface area (Å²) in [5.41, 5.74) is 3.77. The van der Waals surface area contributed by atoms with E-state index in [1.165, 1.54) is 11.1 Å². The van der Waals surface area contributed by atoms with Crippen LogP contribution in [0.25, 0.3) is 0 Å². The number of hydrogen-bond donors (Lipinski definition) is 1. The zero-order valence-electron chi connectivity index (χ0n) is 13.3. The van der Waals surface area contributed by atoms with Crippen molar-refractivity contribution in [1.29, 1.82) is 0 Å². The van der Waals surface area contributed by atoms with Gasteiger partial charge in [-0.05, 0) is 50.1 Å². The minimum absolute atomic E-state index is 0.129. The molecule has 3 heteroatoms. The van der Waals surface area contributed by atoms with Crippen LogP contribution >= 0.6 is 0 Å². The predicted molar refractivity (Wildman–Crippen MR) is 86.7 cm³/mol. The van der Waals surface area contributed by atoms with Crippen LogP contribution in [0.5, 0.6) is 5.75 Å². The van der Waals surface area contributed by atoms with Crippen molar-refractivity contribution >= 4 is 0 Å². The van der Waals surface area contributed by atoms with Crippen LogP contribution in [0.15, 0.2) is 42.7 Å². The molecule has 1 atom stereocenters. The standard InChI is InChI=1S/C18H24N2O/c1-5-14-8-6-7-9-17(14)18(19-4)15-10-16(12-20-11-15)21-13(2)3/h6-13,18-19H,5H2,1-4H3. The molecule has 0 aliphatic carbocycles. The number of nitrogens with zero attached hydrogens (tertiary/aromatic N) is 1. The van der Waals surface area contributed by atoms with Gasteiger partial charge in [0, 0.05) is 6.20 Å². The van der Waals surface area contributed by atoms with Gasteiger partial charge in [0.25, 0.3) is 0 Å². The lowest BCUT2D eigenvalue weighted by molar-refractivity contribution is 0.241. The van der Waals surface area contributed by atoms with E-state index >= 15 is 0 Å². The third-order valence-corrected chi connectivity index (χ3v) is 3.48. The zero-order chi connectivity index (χ0) is 15.2. The Labute approximate surface area is 127 Å². The SMILES string of the molecule is CCc1ccccc1C(NC)c1cncc(OC(C)C)c1. The molecule has 1 aromatic carbocycles. The summed E-state index contributed by atoms with van der Waals surface area (Å²) in [6, 6.07) is 10.7. The van der Waals surface area contributed by atoms with Crippen molar-refractivity contribution in [3.63, 3.8) is 0 Å². The van der Waals surface area contributed by atoms with E-state index in [9.17, 15) is 0 Å². The molecule has 1 aromatic heterocycles. The minimum atomic E-state index is 0.129. The fourth-order valence-electron chi connectivity index (χ4n) is 2.57. The van der Waals surface area contributed by atoms with Crippen LogP contribution in [0.1, 0.15) is 43.5 Å². The Morgan fingerprint density at radius 3 is 2.62 bits per heavy atom. The number of aryl methyl sites for hydroxylation is 1. The van der Waals surface area contributed by atoms with E-state index < -0.39 is 0 Å². The van der Waals surface area contributed by atoms with Crippen molar-refractivity contribution in [2.45, 2.75) is 39.3 Å². The Kier molecular flexibility index (Phi) is 5.34. The van der Waals surface area contributed by atoms with Crippen LogP contribution < -0.4 is 10.1 Å². The number of ether oxygens (including phenoxy) is 1. The van der Waals surface area contributed by atoms with E-state index in [1.54, 1.807) is 6.20 Å². The summed E-state index contributed by atoms with van der Waals surface area (Å²) >= 11 is 0. The maximum atomic E-state index is 5.75. The minimum Gasteiger partial charge on any atom is -0.489 e. The zero-order valence-corrected chi connectivity index (χ0v) is 13.3. The molecule has 0 aliphatic heterocycles. The van der Waals surface area contributed by atoms with Crippen LogP contribution in [0.4, 0.5) is 0 Å². The molecule has 0 fully saturated rings. The molecule has 1 unspecified atom stereocenters. The summed E-state index contributed by atoms with van der Waals surface area (Å²) in [4.78, 5) is 4.32. The van der Waals surface area contributed by atoms with E-state index in [0.29, 0.717) is 0 Å². The van der Waals surface area contributed by atoms with Gasteiger partial charge in [0.2, 0.25) is 0 Å². The molecular weight excluding hydrogens is 260 g/mol. The van der Waals surface area contributed by atoms with Crippen LogP contribution in [0.3, 0.4) is 0 Å². The van der Waals surface area contributed by atoms with Gasteiger partial charge < -0.3 is 10.1 Å². The van der Waals surface area contributed by atoms with Gasteiger partial charge in [-0.3, -0.25) is 4.98 Å². The largest absolute Gasteiger partial charge is 0.489 e. The maximum Gasteiger partial charge on any atom is 0.138 e. The monoisotopic (exact) mass is 284 g/mol. The second kappa shape index (κ2) is 7.23. The second-order valence-corrected chi connectivity index (χ2v) is 5.39. The maximum absolute atomic E-state index is 5.75. The fraction of sp³-hybridized carbons (Fsp3) is 0.389. The van der Waals surface area contributed by atoms with Gasteiger partial charge in [0.1, 0.15) is 5.75 Å². The summed E-state index contributed by atoms with van der Waals surface area (Å²) < 4.78 is 5.75. The van der Waals surface area contributed by atoms with Crippen LogP contribution in [-0.4, -0.2) is 18.1 Å². The van der Waals surface area contributed by atoms with Gasteiger partial charge in [-0.2, -0.15) is 0 Å². The van der Waals surface area contributed by atoms with Gasteiger partial charge in [0.15, 0.2) is 0 Å². The summed E-state index contributed by atoms with van der Waals surface area (Å²) in [5, 5.41) is 3.39. The molecule has 112 valence electrons. The molecule has 1 heterocycles. The average molecular weight is 284 g/mol. The van der Waals surface area contributed by atoms with Gasteiger partial charge >= 0.3 is 0 Å². The number of rotatable bonds is 6. The number of hydrogen-bond acceptors (Lipinski definition) is 3. The van der Waals surface area contributed by atoms with E-state index in [1.807, 2.05) is 27.1 Å². The Morgan fingerprint density at radius 1 is 1.19 bits per heavy atom. The molecule has 0 radical (unpaired) electrons. The van der Waals surface area contributed by atoms with E-state index in [0.717, 1.165) is 17.7 Å². The first-order valence-electron chi connectivity index (χ1n) is 7.52. The first kappa shape index (κ1) is 15.5. The van der Waals surface area contributed by atoms with E-state index in [4.69, 9.17) is 4.74 Å². The van der Waals surface area contributed by atoms with Crippen molar-refractivity contribution in [2.75, 3.05) is 7.05 Å². The molecule has 0 aliphatic rings. The summed E-state index contributed by atoms with van der Waals surface area (Å²) in [7, 11) is 1.98. The molecule has 21 heavy (non-hydrogen) atoms. The molecule has 2 aromatic rings. The molecular formula is C18H24N2O. The average Bonchev–Trinajstić information content (AvgIpc) is 2.48. The summed E-state index contributed by atoms with van der Waals surface area (Å²) in [5.74, 6) is 0.816. The predicted octanol–water partition coefficient (Wildman–Crippen LogP) is 3.74. The Morgan fingerprint density at radius 2 is 1.95 bits per heavy atom. The normalized spacial score (nSPS) is 12.4. The molecule has 1 N–H and O–H groups in total. The van der Waals surface area contributed by atoms with Crippen molar-refractivity contribution in [2.24, 2.45) is 0 Å². The molecule has 0 amide bonds. The molecule has 0 spiro atoms.